The lowest BCUT2D eigenvalue weighted by atomic mass is 9.98. The van der Waals surface area contributed by atoms with Crippen molar-refractivity contribution in [1.82, 2.24) is 0 Å². The zero-order valence-electron chi connectivity index (χ0n) is 15.3. The van der Waals surface area contributed by atoms with Crippen LogP contribution in [0.5, 0.6) is 0 Å². The minimum Gasteiger partial charge on any atom is -0.477 e. The quantitative estimate of drug-likeness (QED) is 0.227. The number of carbonyl (C=O) groups is 3. The van der Waals surface area contributed by atoms with Crippen molar-refractivity contribution in [3.05, 3.63) is 0 Å². The molecule has 26 heavy (non-hydrogen) atoms. The average Bonchev–Trinajstić information content (AvgIpc) is 3.03. The maximum Gasteiger partial charge on any atom is 0.363 e. The van der Waals surface area contributed by atoms with Crippen molar-refractivity contribution in [2.24, 2.45) is 17.2 Å². The van der Waals surface area contributed by atoms with Crippen molar-refractivity contribution in [2.75, 3.05) is 19.6 Å². The van der Waals surface area contributed by atoms with E-state index in [9.17, 15) is 24.6 Å². The highest BCUT2D eigenvalue weighted by molar-refractivity contribution is 5.84. The lowest BCUT2D eigenvalue weighted by molar-refractivity contribution is -0.875. The number of amides is 1. The molecule has 4 atom stereocenters. The summed E-state index contributed by atoms with van der Waals surface area (Å²) in [7, 11) is 0. The second-order valence-corrected chi connectivity index (χ2v) is 7.02. The molecule has 0 saturated carbocycles. The third-order valence-electron chi connectivity index (χ3n) is 5.32. The van der Waals surface area contributed by atoms with E-state index in [1.54, 1.807) is 0 Å². The summed E-state index contributed by atoms with van der Waals surface area (Å²) < 4.78 is -0.584. The molecule has 8 N–H and O–H groups in total. The van der Waals surface area contributed by atoms with Crippen LogP contribution >= 0.6 is 0 Å². The first-order valence-electron chi connectivity index (χ1n) is 9.36. The first-order valence-corrected chi connectivity index (χ1v) is 9.36. The fourth-order valence-corrected chi connectivity index (χ4v) is 4.02. The predicted molar refractivity (Wildman–Crippen MR) is 96.0 cm³/mol. The molecule has 0 bridgehead atoms. The van der Waals surface area contributed by atoms with Crippen LogP contribution in [0.4, 0.5) is 0 Å². The Hall–Kier alpha value is -1.55. The molecular formula is C17H33N4O5+. The number of rotatable bonds is 12. The Morgan fingerprint density at radius 1 is 1.00 bits per heavy atom. The summed E-state index contributed by atoms with van der Waals surface area (Å²) in [4.78, 5) is 37.0. The van der Waals surface area contributed by atoms with Crippen LogP contribution < -0.4 is 17.2 Å². The molecule has 1 rings (SSSR count). The molecule has 1 aliphatic rings. The molecule has 150 valence electrons. The lowest BCUT2D eigenvalue weighted by Crippen LogP contribution is -2.69. The van der Waals surface area contributed by atoms with E-state index in [1.165, 1.54) is 0 Å². The molecule has 0 aromatic rings. The van der Waals surface area contributed by atoms with Gasteiger partial charge in [0.15, 0.2) is 12.1 Å². The molecule has 0 spiro atoms. The SMILES string of the molecule is NCCCC[C@H](N)C(=O)[N+]1([C@@H](CCCCN)C(=O)O)CCC[C@H]1C(=O)O. The van der Waals surface area contributed by atoms with Crippen LogP contribution in [0, 0.1) is 0 Å². The second-order valence-electron chi connectivity index (χ2n) is 7.02. The Balaban J connectivity index is 3.18. The Morgan fingerprint density at radius 3 is 2.08 bits per heavy atom. The Morgan fingerprint density at radius 2 is 1.58 bits per heavy atom. The first-order chi connectivity index (χ1) is 12.3. The van der Waals surface area contributed by atoms with Crippen LogP contribution in [-0.2, 0) is 14.4 Å². The summed E-state index contributed by atoms with van der Waals surface area (Å²) in [6.07, 6.45) is 3.84. The summed E-state index contributed by atoms with van der Waals surface area (Å²) >= 11 is 0. The van der Waals surface area contributed by atoms with Gasteiger partial charge in [0.1, 0.15) is 6.04 Å². The Labute approximate surface area is 154 Å². The Kier molecular flexibility index (Phi) is 9.14. The number of hydrogen-bond acceptors (Lipinski definition) is 6. The normalized spacial score (nSPS) is 25.0. The maximum absolute atomic E-state index is 13.2. The summed E-state index contributed by atoms with van der Waals surface area (Å²) in [6.45, 7) is 1.09. The number of quaternary nitrogens is 1. The number of carbonyl (C=O) groups excluding carboxylic acids is 1. The highest BCUT2D eigenvalue weighted by atomic mass is 16.4. The topological polar surface area (TPSA) is 170 Å². The van der Waals surface area contributed by atoms with E-state index in [-0.39, 0.29) is 19.4 Å². The second kappa shape index (κ2) is 10.6. The number of nitrogens with zero attached hydrogens (tertiary/aromatic N) is 1. The molecule has 0 radical (unpaired) electrons. The van der Waals surface area contributed by atoms with Crippen LogP contribution in [0.2, 0.25) is 0 Å². The van der Waals surface area contributed by atoms with Gasteiger partial charge in [-0.05, 0) is 45.2 Å². The van der Waals surface area contributed by atoms with Gasteiger partial charge in [0, 0.05) is 19.3 Å². The van der Waals surface area contributed by atoms with Crippen LogP contribution in [-0.4, -0.2) is 70.3 Å². The standard InChI is InChI=1S/C17H32N4O5/c18-9-3-1-6-12(20)15(22)21(11-5-8-14(21)17(25)26)13(16(23)24)7-2-4-10-19/h12-14H,1-11,18-20H2,(H-,23,24,25,26)/p+1/t12-,13-,14-,21?/m0/s1. The predicted octanol–water partition coefficient (Wildman–Crippen LogP) is -0.385. The number of likely N-dealkylation sites (tertiary alicyclic amines) is 1. The maximum atomic E-state index is 13.2. The third kappa shape index (κ3) is 5.00. The van der Waals surface area contributed by atoms with E-state index in [4.69, 9.17) is 17.2 Å². The van der Waals surface area contributed by atoms with Gasteiger partial charge in [0.2, 0.25) is 0 Å². The average molecular weight is 373 g/mol. The third-order valence-corrected chi connectivity index (χ3v) is 5.32. The van der Waals surface area contributed by atoms with Gasteiger partial charge in [0.25, 0.3) is 0 Å². The van der Waals surface area contributed by atoms with E-state index in [0.717, 1.165) is 0 Å². The van der Waals surface area contributed by atoms with Gasteiger partial charge in [-0.2, -0.15) is 0 Å². The van der Waals surface area contributed by atoms with Gasteiger partial charge in [-0.1, -0.05) is 0 Å². The number of aliphatic carboxylic acids is 2. The van der Waals surface area contributed by atoms with Crippen molar-refractivity contribution in [3.8, 4) is 0 Å². The lowest BCUT2D eigenvalue weighted by Gasteiger charge is -2.41. The van der Waals surface area contributed by atoms with Gasteiger partial charge in [-0.25, -0.2) is 18.9 Å². The van der Waals surface area contributed by atoms with E-state index in [1.807, 2.05) is 0 Å². The summed E-state index contributed by atoms with van der Waals surface area (Å²) in [5.74, 6) is -2.78. The van der Waals surface area contributed by atoms with E-state index in [2.05, 4.69) is 0 Å². The minimum atomic E-state index is -1.15. The summed E-state index contributed by atoms with van der Waals surface area (Å²) in [5.41, 5.74) is 17.0. The minimum absolute atomic E-state index is 0.194. The number of carboxylic acid groups (broad SMARTS) is 2. The summed E-state index contributed by atoms with van der Waals surface area (Å²) in [6, 6.07) is -3.07. The monoisotopic (exact) mass is 373 g/mol. The molecule has 1 fully saturated rings. The van der Waals surface area contributed by atoms with Crippen LogP contribution in [0.15, 0.2) is 0 Å². The molecule has 1 amide bonds. The fourth-order valence-electron chi connectivity index (χ4n) is 4.02. The number of hydrogen-bond donors (Lipinski definition) is 5. The fraction of sp³-hybridized carbons (Fsp3) is 0.824. The van der Waals surface area contributed by atoms with E-state index >= 15 is 0 Å². The van der Waals surface area contributed by atoms with Crippen LogP contribution in [0.1, 0.15) is 51.4 Å². The molecule has 0 aliphatic carbocycles. The highest BCUT2D eigenvalue weighted by Crippen LogP contribution is 2.35. The molecule has 1 saturated heterocycles. The highest BCUT2D eigenvalue weighted by Gasteiger charge is 2.59. The largest absolute Gasteiger partial charge is 0.477 e. The smallest absolute Gasteiger partial charge is 0.363 e. The first kappa shape index (κ1) is 22.5. The molecule has 0 aromatic heterocycles. The van der Waals surface area contributed by atoms with Crippen molar-refractivity contribution in [3.63, 3.8) is 0 Å². The van der Waals surface area contributed by atoms with Gasteiger partial charge in [-0.15, -0.1) is 0 Å². The van der Waals surface area contributed by atoms with Crippen LogP contribution in [0.3, 0.4) is 0 Å². The van der Waals surface area contributed by atoms with Gasteiger partial charge < -0.3 is 27.4 Å². The van der Waals surface area contributed by atoms with Crippen molar-refractivity contribution < 1.29 is 29.1 Å². The molecule has 1 unspecified atom stereocenters. The molecular weight excluding hydrogens is 340 g/mol. The van der Waals surface area contributed by atoms with Crippen molar-refractivity contribution in [1.29, 1.82) is 0 Å². The van der Waals surface area contributed by atoms with Crippen LogP contribution in [0.25, 0.3) is 0 Å². The van der Waals surface area contributed by atoms with Crippen molar-refractivity contribution in [2.45, 2.75) is 69.5 Å². The van der Waals surface area contributed by atoms with Gasteiger partial charge >= 0.3 is 17.8 Å². The number of nitrogens with two attached hydrogens (primary N) is 3. The molecule has 9 heteroatoms. The van der Waals surface area contributed by atoms with E-state index in [0.29, 0.717) is 51.6 Å². The van der Waals surface area contributed by atoms with Gasteiger partial charge in [0.05, 0.1) is 6.54 Å². The molecule has 9 nitrogen and oxygen atoms in total. The Bertz CT molecular complexity index is 502. The molecule has 1 aliphatic heterocycles. The van der Waals surface area contributed by atoms with Gasteiger partial charge in [-0.3, -0.25) is 0 Å². The van der Waals surface area contributed by atoms with E-state index < -0.39 is 40.5 Å². The zero-order valence-corrected chi connectivity index (χ0v) is 15.3. The summed E-state index contributed by atoms with van der Waals surface area (Å²) in [5, 5.41) is 19.5. The number of carboxylic acids is 2. The van der Waals surface area contributed by atoms with Crippen molar-refractivity contribution >= 4 is 17.8 Å². The number of unbranched alkanes of at least 4 members (excludes halogenated alkanes) is 2. The molecule has 1 heterocycles. The zero-order chi connectivity index (χ0) is 19.7. The molecule has 0 aromatic carbocycles.